The fourth-order valence-electron chi connectivity index (χ4n) is 3.19. The molecule has 0 saturated carbocycles. The highest BCUT2D eigenvalue weighted by Gasteiger charge is 2.37. The van der Waals surface area contributed by atoms with Crippen LogP contribution in [-0.4, -0.2) is 30.6 Å². The number of carbonyl (C=O) groups is 1. The molecule has 1 heterocycles. The van der Waals surface area contributed by atoms with Gasteiger partial charge in [-0.1, -0.05) is 44.2 Å². The zero-order chi connectivity index (χ0) is 13.8. The Morgan fingerprint density at radius 2 is 2.00 bits per heavy atom. The Labute approximate surface area is 115 Å². The van der Waals surface area contributed by atoms with Crippen LogP contribution in [0.2, 0.25) is 0 Å². The van der Waals surface area contributed by atoms with E-state index in [4.69, 9.17) is 4.74 Å². The van der Waals surface area contributed by atoms with Crippen molar-refractivity contribution >= 4 is 5.97 Å². The molecule has 0 aliphatic carbocycles. The summed E-state index contributed by atoms with van der Waals surface area (Å²) in [6.45, 7) is 6.17. The molecule has 1 aliphatic heterocycles. The van der Waals surface area contributed by atoms with Crippen molar-refractivity contribution in [3.63, 3.8) is 0 Å². The molecule has 0 bridgehead atoms. The third-order valence-corrected chi connectivity index (χ3v) is 3.92. The number of piperidine rings is 1. The van der Waals surface area contributed by atoms with Crippen molar-refractivity contribution in [2.24, 2.45) is 11.8 Å². The Bertz CT molecular complexity index is 418. The number of ether oxygens (including phenoxy) is 1. The Hall–Kier alpha value is -1.35. The van der Waals surface area contributed by atoms with Crippen LogP contribution in [0.25, 0.3) is 0 Å². The van der Waals surface area contributed by atoms with Crippen LogP contribution in [0.15, 0.2) is 30.3 Å². The topological polar surface area (TPSA) is 29.5 Å². The number of likely N-dealkylation sites (tertiary alicyclic amines) is 1. The molecule has 0 unspecified atom stereocenters. The lowest BCUT2D eigenvalue weighted by Gasteiger charge is -2.41. The van der Waals surface area contributed by atoms with Crippen LogP contribution in [0.1, 0.15) is 25.8 Å². The number of benzene rings is 1. The molecule has 0 N–H and O–H groups in total. The van der Waals surface area contributed by atoms with E-state index in [2.05, 4.69) is 30.9 Å². The van der Waals surface area contributed by atoms with Crippen LogP contribution >= 0.6 is 0 Å². The number of esters is 1. The van der Waals surface area contributed by atoms with E-state index in [1.54, 1.807) is 0 Å². The third-order valence-electron chi connectivity index (χ3n) is 3.92. The maximum Gasteiger partial charge on any atom is 0.323 e. The number of nitrogens with zero attached hydrogens (tertiary/aromatic N) is 1. The molecule has 3 heteroatoms. The van der Waals surface area contributed by atoms with E-state index < -0.39 is 0 Å². The average Bonchev–Trinajstić information content (AvgIpc) is 2.38. The Morgan fingerprint density at radius 3 is 2.63 bits per heavy atom. The van der Waals surface area contributed by atoms with Crippen molar-refractivity contribution < 1.29 is 9.53 Å². The second-order valence-corrected chi connectivity index (χ2v) is 5.70. The smallest absolute Gasteiger partial charge is 0.323 e. The maximum absolute atomic E-state index is 12.0. The molecule has 3 nitrogen and oxygen atoms in total. The van der Waals surface area contributed by atoms with Crippen molar-refractivity contribution in [3.05, 3.63) is 35.9 Å². The summed E-state index contributed by atoms with van der Waals surface area (Å²) < 4.78 is 4.98. The quantitative estimate of drug-likeness (QED) is 0.784. The molecular weight excluding hydrogens is 238 g/mol. The first-order valence-electron chi connectivity index (χ1n) is 6.97. The highest BCUT2D eigenvalue weighted by Crippen LogP contribution is 2.29. The van der Waals surface area contributed by atoms with Gasteiger partial charge in [0.1, 0.15) is 6.04 Å². The van der Waals surface area contributed by atoms with E-state index in [0.717, 1.165) is 19.5 Å². The van der Waals surface area contributed by atoms with E-state index in [-0.39, 0.29) is 12.0 Å². The van der Waals surface area contributed by atoms with Crippen molar-refractivity contribution in [1.82, 2.24) is 4.90 Å². The predicted molar refractivity (Wildman–Crippen MR) is 75.6 cm³/mol. The van der Waals surface area contributed by atoms with E-state index in [9.17, 15) is 4.79 Å². The zero-order valence-electron chi connectivity index (χ0n) is 12.0. The molecule has 104 valence electrons. The van der Waals surface area contributed by atoms with Crippen molar-refractivity contribution in [2.45, 2.75) is 32.9 Å². The number of hydrogen-bond acceptors (Lipinski definition) is 3. The standard InChI is InChI=1S/C16H23NO2/c1-12-9-13(2)15(16(18)19-3)17(10-12)11-14-7-5-4-6-8-14/h4-8,12-13,15H,9-11H2,1-3H3/t12-,13-,15+/m1/s1. The molecule has 3 atom stereocenters. The van der Waals surface area contributed by atoms with Gasteiger partial charge in [-0.05, 0) is 23.8 Å². The van der Waals surface area contributed by atoms with Gasteiger partial charge in [0.2, 0.25) is 0 Å². The molecule has 19 heavy (non-hydrogen) atoms. The lowest BCUT2D eigenvalue weighted by atomic mass is 9.85. The van der Waals surface area contributed by atoms with Crippen LogP contribution in [0.5, 0.6) is 0 Å². The second kappa shape index (κ2) is 6.20. The minimum absolute atomic E-state index is 0.102. The summed E-state index contributed by atoms with van der Waals surface area (Å²) in [5, 5.41) is 0. The van der Waals surface area contributed by atoms with E-state index in [1.807, 2.05) is 18.2 Å². The van der Waals surface area contributed by atoms with Gasteiger partial charge in [0.25, 0.3) is 0 Å². The summed E-state index contributed by atoms with van der Waals surface area (Å²) in [6, 6.07) is 10.2. The SMILES string of the molecule is COC(=O)[C@@H]1[C@H](C)C[C@@H](C)CN1Cc1ccccc1. The third kappa shape index (κ3) is 3.35. The first-order chi connectivity index (χ1) is 9.11. The molecule has 0 radical (unpaired) electrons. The molecular formula is C16H23NO2. The lowest BCUT2D eigenvalue weighted by molar-refractivity contribution is -0.151. The molecule has 1 aromatic rings. The van der Waals surface area contributed by atoms with Gasteiger partial charge in [0, 0.05) is 13.1 Å². The monoisotopic (exact) mass is 261 g/mol. The average molecular weight is 261 g/mol. The minimum atomic E-state index is -0.110. The van der Waals surface area contributed by atoms with Gasteiger partial charge in [-0.2, -0.15) is 0 Å². The lowest BCUT2D eigenvalue weighted by Crippen LogP contribution is -2.51. The number of rotatable bonds is 3. The second-order valence-electron chi connectivity index (χ2n) is 5.70. The normalized spacial score (nSPS) is 28.1. The van der Waals surface area contributed by atoms with Gasteiger partial charge in [0.05, 0.1) is 7.11 Å². The summed E-state index contributed by atoms with van der Waals surface area (Å²) in [6.07, 6.45) is 1.09. The molecule has 0 amide bonds. The summed E-state index contributed by atoms with van der Waals surface area (Å²) in [7, 11) is 1.48. The largest absolute Gasteiger partial charge is 0.468 e. The molecule has 1 aliphatic rings. The van der Waals surface area contributed by atoms with Crippen molar-refractivity contribution in [2.75, 3.05) is 13.7 Å². The van der Waals surface area contributed by atoms with Gasteiger partial charge < -0.3 is 4.74 Å². The summed E-state index contributed by atoms with van der Waals surface area (Å²) in [5.74, 6) is 0.870. The summed E-state index contributed by atoms with van der Waals surface area (Å²) in [5.41, 5.74) is 1.25. The van der Waals surface area contributed by atoms with Crippen molar-refractivity contribution in [3.8, 4) is 0 Å². The first kappa shape index (κ1) is 14.1. The molecule has 2 rings (SSSR count). The highest BCUT2D eigenvalue weighted by atomic mass is 16.5. The van der Waals surface area contributed by atoms with Crippen LogP contribution in [0, 0.1) is 11.8 Å². The number of hydrogen-bond donors (Lipinski definition) is 0. The zero-order valence-corrected chi connectivity index (χ0v) is 12.0. The molecule has 1 saturated heterocycles. The number of methoxy groups -OCH3 is 1. The maximum atomic E-state index is 12.0. The van der Waals surface area contributed by atoms with Crippen LogP contribution in [0.4, 0.5) is 0 Å². The Kier molecular flexibility index (Phi) is 4.59. The Balaban J connectivity index is 2.15. The highest BCUT2D eigenvalue weighted by molar-refractivity contribution is 5.76. The van der Waals surface area contributed by atoms with Gasteiger partial charge in [0.15, 0.2) is 0 Å². The van der Waals surface area contributed by atoms with Crippen molar-refractivity contribution in [1.29, 1.82) is 0 Å². The molecule has 1 aromatic carbocycles. The van der Waals surface area contributed by atoms with Gasteiger partial charge in [-0.25, -0.2) is 0 Å². The molecule has 0 aromatic heterocycles. The van der Waals surface area contributed by atoms with Gasteiger partial charge in [-0.15, -0.1) is 0 Å². The predicted octanol–water partition coefficient (Wildman–Crippen LogP) is 2.71. The first-order valence-corrected chi connectivity index (χ1v) is 6.97. The van der Waals surface area contributed by atoms with Crippen LogP contribution in [0.3, 0.4) is 0 Å². The Morgan fingerprint density at radius 1 is 1.32 bits per heavy atom. The van der Waals surface area contributed by atoms with Crippen LogP contribution in [-0.2, 0) is 16.1 Å². The molecule has 0 spiro atoms. The molecule has 1 fully saturated rings. The fraction of sp³-hybridized carbons (Fsp3) is 0.562. The summed E-state index contributed by atoms with van der Waals surface area (Å²) >= 11 is 0. The van der Waals surface area contributed by atoms with Gasteiger partial charge in [-0.3, -0.25) is 9.69 Å². The fourth-order valence-corrected chi connectivity index (χ4v) is 3.19. The minimum Gasteiger partial charge on any atom is -0.468 e. The van der Waals surface area contributed by atoms with Gasteiger partial charge >= 0.3 is 5.97 Å². The summed E-state index contributed by atoms with van der Waals surface area (Å²) in [4.78, 5) is 14.3. The van der Waals surface area contributed by atoms with Crippen LogP contribution < -0.4 is 0 Å². The number of carbonyl (C=O) groups excluding carboxylic acids is 1. The van der Waals surface area contributed by atoms with E-state index in [1.165, 1.54) is 12.7 Å². The van der Waals surface area contributed by atoms with E-state index in [0.29, 0.717) is 11.8 Å². The van der Waals surface area contributed by atoms with E-state index >= 15 is 0 Å².